The molecule has 0 N–H and O–H groups in total. The van der Waals surface area contributed by atoms with Crippen LogP contribution < -0.4 is 15.0 Å². The highest BCUT2D eigenvalue weighted by Gasteiger charge is 2.05. The van der Waals surface area contributed by atoms with E-state index in [9.17, 15) is 4.79 Å². The van der Waals surface area contributed by atoms with Gasteiger partial charge in [0.2, 0.25) is 0 Å². The van der Waals surface area contributed by atoms with Crippen LogP contribution in [-0.2, 0) is 6.54 Å². The Hall–Kier alpha value is -2.34. The van der Waals surface area contributed by atoms with E-state index >= 15 is 0 Å². The maximum Gasteiger partial charge on any atom is 0.261 e. The summed E-state index contributed by atoms with van der Waals surface area (Å²) in [7, 11) is 0. The van der Waals surface area contributed by atoms with Gasteiger partial charge in [0, 0.05) is 4.47 Å². The third-order valence-electron chi connectivity index (χ3n) is 3.52. The molecule has 1 heterocycles. The quantitative estimate of drug-likeness (QED) is 0.646. The van der Waals surface area contributed by atoms with Crippen molar-refractivity contribution in [3.63, 3.8) is 0 Å². The number of ether oxygens (including phenoxy) is 2. The van der Waals surface area contributed by atoms with Gasteiger partial charge in [-0.2, -0.15) is 0 Å². The zero-order valence-corrected chi connectivity index (χ0v) is 14.8. The maximum absolute atomic E-state index is 12.5. The number of nitrogens with zero attached hydrogens (tertiary/aromatic N) is 2. The summed E-state index contributed by atoms with van der Waals surface area (Å²) in [6.45, 7) is 3.39. The molecule has 5 nitrogen and oxygen atoms in total. The second-order valence-corrected chi connectivity index (χ2v) is 6.07. The van der Waals surface area contributed by atoms with Crippen LogP contribution in [0.3, 0.4) is 0 Å². The van der Waals surface area contributed by atoms with Crippen molar-refractivity contribution in [3.05, 3.63) is 63.6 Å². The van der Waals surface area contributed by atoms with Gasteiger partial charge in [0.1, 0.15) is 18.1 Å². The summed E-state index contributed by atoms with van der Waals surface area (Å²) in [5.74, 6) is 1.55. The second-order valence-electron chi connectivity index (χ2n) is 5.16. The first-order chi connectivity index (χ1) is 11.7. The molecule has 3 rings (SSSR count). The second kappa shape index (κ2) is 7.49. The highest BCUT2D eigenvalue weighted by Crippen LogP contribution is 2.17. The van der Waals surface area contributed by atoms with Crippen molar-refractivity contribution in [3.8, 4) is 11.5 Å². The van der Waals surface area contributed by atoms with E-state index in [-0.39, 0.29) is 5.56 Å². The fourth-order valence-electron chi connectivity index (χ4n) is 2.35. The molecule has 0 spiro atoms. The van der Waals surface area contributed by atoms with Crippen molar-refractivity contribution in [1.82, 2.24) is 9.55 Å². The lowest BCUT2D eigenvalue weighted by atomic mass is 10.2. The van der Waals surface area contributed by atoms with Crippen molar-refractivity contribution in [2.24, 2.45) is 0 Å². The minimum atomic E-state index is -0.0726. The summed E-state index contributed by atoms with van der Waals surface area (Å²) in [6.07, 6.45) is 1.56. The molecular formula is C18H17BrN2O3. The SMILES string of the molecule is CCOc1ccc(OCCn2cnc3ccc(Br)cc3c2=O)cc1. The van der Waals surface area contributed by atoms with Gasteiger partial charge in [-0.15, -0.1) is 0 Å². The van der Waals surface area contributed by atoms with E-state index in [4.69, 9.17) is 9.47 Å². The molecule has 0 unspecified atom stereocenters. The normalized spacial score (nSPS) is 10.8. The molecule has 0 amide bonds. The van der Waals surface area contributed by atoms with Crippen molar-refractivity contribution in [2.75, 3.05) is 13.2 Å². The van der Waals surface area contributed by atoms with Gasteiger partial charge >= 0.3 is 0 Å². The van der Waals surface area contributed by atoms with Gasteiger partial charge in [0.05, 0.1) is 30.4 Å². The van der Waals surface area contributed by atoms with Gasteiger partial charge in [-0.1, -0.05) is 15.9 Å². The van der Waals surface area contributed by atoms with Crippen LogP contribution in [-0.4, -0.2) is 22.8 Å². The fraction of sp³-hybridized carbons (Fsp3) is 0.222. The highest BCUT2D eigenvalue weighted by molar-refractivity contribution is 9.10. The van der Waals surface area contributed by atoms with E-state index in [1.54, 1.807) is 17.0 Å². The van der Waals surface area contributed by atoms with E-state index in [0.29, 0.717) is 30.7 Å². The van der Waals surface area contributed by atoms with Crippen LogP contribution in [0, 0.1) is 0 Å². The van der Waals surface area contributed by atoms with Crippen molar-refractivity contribution < 1.29 is 9.47 Å². The summed E-state index contributed by atoms with van der Waals surface area (Å²) in [5, 5.41) is 0.591. The van der Waals surface area contributed by atoms with Gasteiger partial charge in [0.25, 0.3) is 5.56 Å². The van der Waals surface area contributed by atoms with Crippen LogP contribution in [0.25, 0.3) is 10.9 Å². The molecule has 0 fully saturated rings. The van der Waals surface area contributed by atoms with E-state index in [1.165, 1.54) is 0 Å². The van der Waals surface area contributed by atoms with Gasteiger partial charge < -0.3 is 9.47 Å². The summed E-state index contributed by atoms with van der Waals surface area (Å²) in [6, 6.07) is 12.9. The van der Waals surface area contributed by atoms with E-state index in [1.807, 2.05) is 43.3 Å². The zero-order valence-electron chi connectivity index (χ0n) is 13.2. The molecule has 3 aromatic rings. The number of hydrogen-bond donors (Lipinski definition) is 0. The highest BCUT2D eigenvalue weighted by atomic mass is 79.9. The third kappa shape index (κ3) is 3.76. The zero-order chi connectivity index (χ0) is 16.9. The number of aromatic nitrogens is 2. The number of halogens is 1. The molecule has 124 valence electrons. The predicted molar refractivity (Wildman–Crippen MR) is 96.8 cm³/mol. The Bertz CT molecular complexity index is 891. The van der Waals surface area contributed by atoms with Crippen LogP contribution >= 0.6 is 15.9 Å². The molecule has 0 aliphatic rings. The Morgan fingerprint density at radius 2 is 1.79 bits per heavy atom. The molecule has 6 heteroatoms. The number of hydrogen-bond acceptors (Lipinski definition) is 4. The average molecular weight is 389 g/mol. The topological polar surface area (TPSA) is 53.4 Å². The monoisotopic (exact) mass is 388 g/mol. The van der Waals surface area contributed by atoms with Crippen LogP contribution in [0.1, 0.15) is 6.92 Å². The van der Waals surface area contributed by atoms with Crippen LogP contribution in [0.4, 0.5) is 0 Å². The van der Waals surface area contributed by atoms with Gasteiger partial charge in [-0.3, -0.25) is 9.36 Å². The van der Waals surface area contributed by atoms with E-state index in [0.717, 1.165) is 16.0 Å². The first kappa shape index (κ1) is 16.5. The third-order valence-corrected chi connectivity index (χ3v) is 4.01. The van der Waals surface area contributed by atoms with Crippen LogP contribution in [0.15, 0.2) is 58.1 Å². The molecular weight excluding hydrogens is 372 g/mol. The first-order valence-electron chi connectivity index (χ1n) is 7.68. The summed E-state index contributed by atoms with van der Waals surface area (Å²) >= 11 is 3.38. The summed E-state index contributed by atoms with van der Waals surface area (Å²) < 4.78 is 13.5. The lowest BCUT2D eigenvalue weighted by Crippen LogP contribution is -2.23. The number of fused-ring (bicyclic) bond motifs is 1. The van der Waals surface area contributed by atoms with E-state index < -0.39 is 0 Å². The van der Waals surface area contributed by atoms with E-state index in [2.05, 4.69) is 20.9 Å². The minimum absolute atomic E-state index is 0.0726. The molecule has 0 aliphatic heterocycles. The lowest BCUT2D eigenvalue weighted by molar-refractivity contribution is 0.294. The van der Waals surface area contributed by atoms with Crippen molar-refractivity contribution >= 4 is 26.8 Å². The Labute approximate surface area is 148 Å². The lowest BCUT2D eigenvalue weighted by Gasteiger charge is -2.09. The molecule has 2 aromatic carbocycles. The standard InChI is InChI=1S/C18H17BrN2O3/c1-2-23-14-4-6-15(7-5-14)24-10-9-21-12-20-17-8-3-13(19)11-16(17)18(21)22/h3-8,11-12H,2,9-10H2,1H3. The molecule has 0 aliphatic carbocycles. The first-order valence-corrected chi connectivity index (χ1v) is 8.47. The molecule has 1 aromatic heterocycles. The Balaban J connectivity index is 1.67. The van der Waals surface area contributed by atoms with Crippen molar-refractivity contribution in [1.29, 1.82) is 0 Å². The summed E-state index contributed by atoms with van der Waals surface area (Å²) in [4.78, 5) is 16.8. The number of rotatable bonds is 6. The largest absolute Gasteiger partial charge is 0.494 e. The van der Waals surface area contributed by atoms with Crippen molar-refractivity contribution in [2.45, 2.75) is 13.5 Å². The molecule has 24 heavy (non-hydrogen) atoms. The Morgan fingerprint density at radius 1 is 1.08 bits per heavy atom. The fourth-order valence-corrected chi connectivity index (χ4v) is 2.71. The molecule has 0 atom stereocenters. The minimum Gasteiger partial charge on any atom is -0.494 e. The maximum atomic E-state index is 12.5. The van der Waals surface area contributed by atoms with Crippen LogP contribution in [0.5, 0.6) is 11.5 Å². The molecule has 0 radical (unpaired) electrons. The average Bonchev–Trinajstić information content (AvgIpc) is 2.59. The Kier molecular flexibility index (Phi) is 5.15. The van der Waals surface area contributed by atoms with Gasteiger partial charge in [0.15, 0.2) is 0 Å². The smallest absolute Gasteiger partial charge is 0.261 e. The van der Waals surface area contributed by atoms with Gasteiger partial charge in [-0.05, 0) is 49.4 Å². The predicted octanol–water partition coefficient (Wildman–Crippen LogP) is 3.64. The van der Waals surface area contributed by atoms with Crippen LogP contribution in [0.2, 0.25) is 0 Å². The summed E-state index contributed by atoms with van der Waals surface area (Å²) in [5.41, 5.74) is 0.614. The number of benzene rings is 2. The molecule has 0 bridgehead atoms. The molecule has 0 saturated heterocycles. The molecule has 0 saturated carbocycles. The Morgan fingerprint density at radius 3 is 2.50 bits per heavy atom. The van der Waals surface area contributed by atoms with Gasteiger partial charge in [-0.25, -0.2) is 4.98 Å².